The summed E-state index contributed by atoms with van der Waals surface area (Å²) in [6.07, 6.45) is 2.82. The summed E-state index contributed by atoms with van der Waals surface area (Å²) < 4.78 is 6.96. The highest BCUT2D eigenvalue weighted by Gasteiger charge is 2.38. The number of thioether (sulfide) groups is 1. The molecule has 2 aromatic carbocycles. The molecular formula is C22H24ClN4O3S+. The molecule has 0 amide bonds. The Balaban J connectivity index is 1.84. The summed E-state index contributed by atoms with van der Waals surface area (Å²) >= 11 is 7.78. The number of anilines is 1. The van der Waals surface area contributed by atoms with Gasteiger partial charge in [0, 0.05) is 16.4 Å². The first-order chi connectivity index (χ1) is 15.0. The van der Waals surface area contributed by atoms with E-state index in [0.29, 0.717) is 16.4 Å². The minimum atomic E-state index is -0.505. The van der Waals surface area contributed by atoms with Crippen molar-refractivity contribution in [2.24, 2.45) is 0 Å². The lowest BCUT2D eigenvalue weighted by atomic mass is 10.0. The van der Waals surface area contributed by atoms with Crippen LogP contribution in [-0.2, 0) is 0 Å². The Morgan fingerprint density at radius 1 is 1.29 bits per heavy atom. The van der Waals surface area contributed by atoms with Gasteiger partial charge in [0.05, 0.1) is 23.4 Å². The van der Waals surface area contributed by atoms with Crippen LogP contribution in [-0.4, -0.2) is 28.1 Å². The van der Waals surface area contributed by atoms with Crippen LogP contribution < -0.4 is 20.3 Å². The van der Waals surface area contributed by atoms with E-state index in [9.17, 15) is 9.90 Å². The van der Waals surface area contributed by atoms with Crippen LogP contribution in [0.4, 0.5) is 5.69 Å². The number of aromatic hydroxyl groups is 1. The van der Waals surface area contributed by atoms with Gasteiger partial charge in [0.25, 0.3) is 6.17 Å². The first-order valence-corrected chi connectivity index (χ1v) is 11.5. The van der Waals surface area contributed by atoms with E-state index < -0.39 is 6.17 Å². The van der Waals surface area contributed by atoms with Gasteiger partial charge in [-0.05, 0) is 35.4 Å². The minimum Gasteiger partial charge on any atom is -0.503 e. The predicted molar refractivity (Wildman–Crippen MR) is 122 cm³/mol. The van der Waals surface area contributed by atoms with Gasteiger partial charge < -0.3 is 15.2 Å². The molecule has 162 valence electrons. The SMILES string of the molecule is CCCCCSc1n[n+]2c(c(=O)[nH]1)-c1ccccc1N[C@@H]2c1cc(Cl)c(O)c(OC)c1. The van der Waals surface area contributed by atoms with Gasteiger partial charge in [0.1, 0.15) is 0 Å². The average molecular weight is 460 g/mol. The van der Waals surface area contributed by atoms with Crippen LogP contribution in [0.3, 0.4) is 0 Å². The number of phenols is 1. The zero-order chi connectivity index (χ0) is 22.0. The van der Waals surface area contributed by atoms with Gasteiger partial charge >= 0.3 is 11.3 Å². The van der Waals surface area contributed by atoms with Crippen LogP contribution in [0.25, 0.3) is 11.3 Å². The van der Waals surface area contributed by atoms with E-state index in [0.717, 1.165) is 36.3 Å². The molecule has 0 unspecified atom stereocenters. The van der Waals surface area contributed by atoms with Crippen molar-refractivity contribution < 1.29 is 14.5 Å². The van der Waals surface area contributed by atoms with Crippen LogP contribution in [0, 0.1) is 0 Å². The molecule has 0 radical (unpaired) electrons. The Labute approximate surface area is 189 Å². The molecule has 0 saturated carbocycles. The number of benzene rings is 2. The van der Waals surface area contributed by atoms with E-state index in [2.05, 4.69) is 17.2 Å². The number of phenolic OH excluding ortho intramolecular Hbond substituents is 1. The number of unbranched alkanes of at least 4 members (excludes halogenated alkanes) is 2. The fourth-order valence-corrected chi connectivity index (χ4v) is 4.68. The lowest BCUT2D eigenvalue weighted by Crippen LogP contribution is -2.55. The third-order valence-electron chi connectivity index (χ3n) is 5.16. The second kappa shape index (κ2) is 9.20. The van der Waals surface area contributed by atoms with Crippen LogP contribution in [0.5, 0.6) is 11.5 Å². The quantitative estimate of drug-likeness (QED) is 0.276. The fourth-order valence-electron chi connectivity index (χ4n) is 3.61. The summed E-state index contributed by atoms with van der Waals surface area (Å²) in [5, 5.41) is 19.1. The monoisotopic (exact) mass is 459 g/mol. The Hall–Kier alpha value is -2.71. The maximum Gasteiger partial charge on any atom is 0.325 e. The number of halogens is 1. The van der Waals surface area contributed by atoms with Crippen molar-refractivity contribution in [3.8, 4) is 22.8 Å². The van der Waals surface area contributed by atoms with Crippen molar-refractivity contribution in [3.63, 3.8) is 0 Å². The zero-order valence-electron chi connectivity index (χ0n) is 17.3. The Morgan fingerprint density at radius 3 is 2.87 bits per heavy atom. The molecule has 0 spiro atoms. The number of methoxy groups -OCH3 is 1. The second-order valence-electron chi connectivity index (χ2n) is 7.25. The molecule has 0 saturated heterocycles. The molecule has 0 fully saturated rings. The summed E-state index contributed by atoms with van der Waals surface area (Å²) in [5.41, 5.74) is 2.54. The van der Waals surface area contributed by atoms with E-state index in [1.165, 1.54) is 18.9 Å². The molecule has 7 nitrogen and oxygen atoms in total. The molecule has 1 aliphatic heterocycles. The van der Waals surface area contributed by atoms with Gasteiger partial charge in [-0.15, -0.1) is 0 Å². The Morgan fingerprint density at radius 2 is 2.10 bits per heavy atom. The molecule has 1 aromatic heterocycles. The minimum absolute atomic E-state index is 0.125. The van der Waals surface area contributed by atoms with Crippen molar-refractivity contribution >= 4 is 29.1 Å². The summed E-state index contributed by atoms with van der Waals surface area (Å²) in [6, 6.07) is 10.9. The largest absolute Gasteiger partial charge is 0.503 e. The highest BCUT2D eigenvalue weighted by molar-refractivity contribution is 7.99. The van der Waals surface area contributed by atoms with Crippen LogP contribution in [0.1, 0.15) is 37.9 Å². The first kappa shape index (κ1) is 21.5. The normalized spacial score (nSPS) is 14.5. The van der Waals surface area contributed by atoms with Gasteiger partial charge in [0.2, 0.25) is 5.16 Å². The summed E-state index contributed by atoms with van der Waals surface area (Å²) in [5.74, 6) is 1.01. The number of rotatable bonds is 7. The van der Waals surface area contributed by atoms with Crippen molar-refractivity contribution in [1.29, 1.82) is 0 Å². The number of nitrogens with one attached hydrogen (secondary N) is 2. The number of aromatic amines is 1. The van der Waals surface area contributed by atoms with Crippen molar-refractivity contribution in [3.05, 3.63) is 57.3 Å². The van der Waals surface area contributed by atoms with Crippen molar-refractivity contribution in [2.75, 3.05) is 18.2 Å². The third kappa shape index (κ3) is 4.22. The molecule has 2 heterocycles. The molecule has 31 heavy (non-hydrogen) atoms. The maximum atomic E-state index is 13.1. The summed E-state index contributed by atoms with van der Waals surface area (Å²) in [7, 11) is 1.47. The van der Waals surface area contributed by atoms with E-state index in [1.807, 2.05) is 24.3 Å². The average Bonchev–Trinajstić information content (AvgIpc) is 2.77. The highest BCUT2D eigenvalue weighted by Crippen LogP contribution is 2.38. The maximum absolute atomic E-state index is 13.1. The predicted octanol–water partition coefficient (Wildman–Crippen LogP) is 4.35. The third-order valence-corrected chi connectivity index (χ3v) is 6.39. The van der Waals surface area contributed by atoms with Crippen molar-refractivity contribution in [2.45, 2.75) is 37.5 Å². The molecule has 9 heteroatoms. The molecule has 1 atom stereocenters. The standard InChI is InChI=1S/C22H23ClN4O3S/c1-3-4-7-10-31-22-25-21(29)18-14-8-5-6-9-16(14)24-20(27(18)26-22)13-11-15(23)19(28)17(12-13)30-2/h5-6,8-9,11-12,20H,3-4,7,10H2,1-2H3,(H2,25,26,28,29)/p+1/t20-/m0/s1. The second-order valence-corrected chi connectivity index (χ2v) is 8.74. The number of ether oxygens (including phenoxy) is 1. The lowest BCUT2D eigenvalue weighted by molar-refractivity contribution is -0.759. The fraction of sp³-hybridized carbons (Fsp3) is 0.318. The lowest BCUT2D eigenvalue weighted by Gasteiger charge is -2.23. The van der Waals surface area contributed by atoms with Gasteiger partial charge in [-0.2, -0.15) is 0 Å². The summed E-state index contributed by atoms with van der Waals surface area (Å²) in [6.45, 7) is 2.16. The Bertz CT molecular complexity index is 1170. The number of hydrogen-bond donors (Lipinski definition) is 3. The molecule has 4 rings (SSSR count). The number of nitrogens with zero attached hydrogens (tertiary/aromatic N) is 2. The molecule has 0 aliphatic carbocycles. The number of hydrogen-bond acceptors (Lipinski definition) is 6. The Kier molecular flexibility index (Phi) is 6.38. The van der Waals surface area contributed by atoms with Crippen molar-refractivity contribution in [1.82, 2.24) is 10.1 Å². The van der Waals surface area contributed by atoms with Crippen LogP contribution >= 0.6 is 23.4 Å². The van der Waals surface area contributed by atoms with Crippen LogP contribution in [0.2, 0.25) is 5.02 Å². The van der Waals surface area contributed by atoms with Crippen LogP contribution in [0.15, 0.2) is 46.3 Å². The highest BCUT2D eigenvalue weighted by atomic mass is 35.5. The first-order valence-electron chi connectivity index (χ1n) is 10.1. The van der Waals surface area contributed by atoms with E-state index in [1.54, 1.807) is 16.8 Å². The van der Waals surface area contributed by atoms with E-state index >= 15 is 0 Å². The molecule has 0 bridgehead atoms. The zero-order valence-corrected chi connectivity index (χ0v) is 18.9. The topological polar surface area (TPSA) is 91.1 Å². The van der Waals surface area contributed by atoms with E-state index in [4.69, 9.17) is 21.4 Å². The van der Waals surface area contributed by atoms with Gasteiger partial charge in [0.15, 0.2) is 11.5 Å². The molecule has 3 N–H and O–H groups in total. The summed E-state index contributed by atoms with van der Waals surface area (Å²) in [4.78, 5) is 16.0. The molecule has 1 aliphatic rings. The van der Waals surface area contributed by atoms with Gasteiger partial charge in [-0.1, -0.05) is 55.3 Å². The number of para-hydroxylation sites is 1. The number of H-pyrrole nitrogens is 1. The smallest absolute Gasteiger partial charge is 0.325 e. The van der Waals surface area contributed by atoms with Gasteiger partial charge in [-0.3, -0.25) is 9.78 Å². The molecule has 3 aromatic rings. The van der Waals surface area contributed by atoms with Gasteiger partial charge in [-0.25, -0.2) is 0 Å². The van der Waals surface area contributed by atoms with E-state index in [-0.39, 0.29) is 22.1 Å². The number of aromatic nitrogens is 3. The molecular weight excluding hydrogens is 436 g/mol. The number of fused-ring (bicyclic) bond motifs is 3.